The molecule has 2 aliphatic heterocycles. The van der Waals surface area contributed by atoms with Crippen LogP contribution in [0.1, 0.15) is 45.0 Å². The largest absolute Gasteiger partial charge is 0.458 e. The zero-order valence-corrected chi connectivity index (χ0v) is 23.7. The molecule has 0 spiro atoms. The Bertz CT molecular complexity index is 1110. The van der Waals surface area contributed by atoms with Gasteiger partial charge < -0.3 is 23.4 Å². The van der Waals surface area contributed by atoms with Gasteiger partial charge in [0.25, 0.3) is 10.1 Å². The molecule has 0 saturated carbocycles. The average Bonchev–Trinajstić information content (AvgIpc) is 3.22. The summed E-state index contributed by atoms with van der Waals surface area (Å²) in [5, 5.41) is 10.1. The Labute approximate surface area is 214 Å². The van der Waals surface area contributed by atoms with Crippen LogP contribution in [-0.4, -0.2) is 71.6 Å². The minimum Gasteiger partial charge on any atom is -0.458 e. The fourth-order valence-electron chi connectivity index (χ4n) is 3.87. The highest BCUT2D eigenvalue weighted by atomic mass is 32.2. The van der Waals surface area contributed by atoms with Crippen molar-refractivity contribution in [2.75, 3.05) is 12.9 Å². The van der Waals surface area contributed by atoms with Crippen molar-refractivity contribution in [1.82, 2.24) is 0 Å². The van der Waals surface area contributed by atoms with Gasteiger partial charge >= 0.3 is 5.97 Å². The van der Waals surface area contributed by atoms with Crippen molar-refractivity contribution in [3.05, 3.63) is 35.9 Å². The number of esters is 1. The second-order valence-corrected chi connectivity index (χ2v) is 17.4. The number of nitrogens with zero attached hydrogens (tertiary/aromatic N) is 1. The molecule has 0 aromatic heterocycles. The smallest absolute Gasteiger partial charge is 0.338 e. The molecule has 5 atom stereocenters. The standard InChI is InChI=1S/C24H35NO9SSi/c1-22(2,3)36(7,8)33-17-18-21(32-23(4,5)31-18)30-19(17)24(14-25,34-35(6,27)28)15-29-20(26)16-12-10-9-11-13-16/h9-13,17-19,21H,15H2,1-8H3/t17-,18-,19+,21-,24?/m1/s1. The molecule has 2 fully saturated rings. The predicted octanol–water partition coefficient (Wildman–Crippen LogP) is 3.35. The van der Waals surface area contributed by atoms with Gasteiger partial charge in [-0.25, -0.2) is 8.98 Å². The molecule has 0 bridgehead atoms. The van der Waals surface area contributed by atoms with Gasteiger partial charge in [0, 0.05) is 0 Å². The van der Waals surface area contributed by atoms with E-state index in [2.05, 4.69) is 0 Å². The van der Waals surface area contributed by atoms with Gasteiger partial charge in [-0.3, -0.25) is 0 Å². The van der Waals surface area contributed by atoms with Crippen LogP contribution in [0.4, 0.5) is 0 Å². The summed E-state index contributed by atoms with van der Waals surface area (Å²) in [4.78, 5) is 12.7. The summed E-state index contributed by atoms with van der Waals surface area (Å²) in [7, 11) is -6.71. The second kappa shape index (κ2) is 9.79. The van der Waals surface area contributed by atoms with Crippen LogP contribution in [0.25, 0.3) is 0 Å². The van der Waals surface area contributed by atoms with Crippen molar-refractivity contribution in [3.8, 4) is 6.07 Å². The highest BCUT2D eigenvalue weighted by Crippen LogP contribution is 2.46. The highest BCUT2D eigenvalue weighted by molar-refractivity contribution is 7.86. The van der Waals surface area contributed by atoms with Crippen LogP contribution in [0, 0.1) is 11.3 Å². The summed E-state index contributed by atoms with van der Waals surface area (Å²) in [6, 6.07) is 10.0. The number of carbonyl (C=O) groups is 1. The van der Waals surface area contributed by atoms with Crippen LogP contribution >= 0.6 is 0 Å². The van der Waals surface area contributed by atoms with E-state index in [1.165, 1.54) is 12.1 Å². The summed E-state index contributed by atoms with van der Waals surface area (Å²) >= 11 is 0. The number of hydrogen-bond donors (Lipinski definition) is 0. The maximum absolute atomic E-state index is 12.7. The molecule has 1 unspecified atom stereocenters. The first-order valence-electron chi connectivity index (χ1n) is 11.6. The molecule has 1 aromatic carbocycles. The van der Waals surface area contributed by atoms with Gasteiger partial charge in [-0.1, -0.05) is 39.0 Å². The number of ether oxygens (including phenoxy) is 4. The van der Waals surface area contributed by atoms with Crippen molar-refractivity contribution in [1.29, 1.82) is 5.26 Å². The summed E-state index contributed by atoms with van der Waals surface area (Å²) in [6.07, 6.45) is -3.14. The number of rotatable bonds is 8. The fourth-order valence-corrected chi connectivity index (χ4v) is 5.88. The quantitative estimate of drug-likeness (QED) is 0.274. The van der Waals surface area contributed by atoms with E-state index in [-0.39, 0.29) is 10.6 Å². The molecule has 12 heteroatoms. The van der Waals surface area contributed by atoms with Crippen molar-refractivity contribution in [2.45, 2.75) is 88.7 Å². The van der Waals surface area contributed by atoms with E-state index < -0.39 is 67.0 Å². The Morgan fingerprint density at radius 3 is 2.31 bits per heavy atom. The topological polar surface area (TPSA) is 130 Å². The van der Waals surface area contributed by atoms with Crippen LogP contribution < -0.4 is 0 Å². The first-order valence-corrected chi connectivity index (χ1v) is 16.4. The average molecular weight is 542 g/mol. The van der Waals surface area contributed by atoms with Gasteiger partial charge in [-0.2, -0.15) is 13.7 Å². The Balaban J connectivity index is 2.01. The molecular weight excluding hydrogens is 506 g/mol. The van der Waals surface area contributed by atoms with Gasteiger partial charge in [0.05, 0.1) is 11.8 Å². The summed E-state index contributed by atoms with van der Waals surface area (Å²) < 4.78 is 60.0. The first kappa shape index (κ1) is 28.7. The van der Waals surface area contributed by atoms with E-state index in [0.717, 1.165) is 6.26 Å². The zero-order chi connectivity index (χ0) is 27.2. The van der Waals surface area contributed by atoms with Crippen molar-refractivity contribution in [3.63, 3.8) is 0 Å². The SMILES string of the molecule is CC1(C)O[C@H]2O[C@H](C(C#N)(COC(=O)c3ccccc3)OS(C)(=O)=O)[C@H](O[Si](C)(C)C(C)(C)C)[C@H]2O1. The molecule has 2 heterocycles. The Morgan fingerprint density at radius 2 is 1.78 bits per heavy atom. The van der Waals surface area contributed by atoms with Crippen molar-refractivity contribution < 1.29 is 40.8 Å². The molecule has 0 amide bonds. The number of fused-ring (bicyclic) bond motifs is 1. The predicted molar refractivity (Wildman–Crippen MR) is 132 cm³/mol. The number of hydrogen-bond acceptors (Lipinski definition) is 10. The van der Waals surface area contributed by atoms with Gasteiger partial charge in [-0.05, 0) is 44.1 Å². The molecule has 2 aliphatic rings. The minimum atomic E-state index is -4.21. The van der Waals surface area contributed by atoms with E-state index in [4.69, 9.17) is 27.6 Å². The summed E-state index contributed by atoms with van der Waals surface area (Å²) in [5.41, 5.74) is -2.03. The lowest BCUT2D eigenvalue weighted by molar-refractivity contribution is -0.231. The molecule has 2 saturated heterocycles. The van der Waals surface area contributed by atoms with Crippen molar-refractivity contribution >= 4 is 24.4 Å². The third-order valence-electron chi connectivity index (χ3n) is 6.60. The third kappa shape index (κ3) is 6.16. The molecule has 36 heavy (non-hydrogen) atoms. The first-order chi connectivity index (χ1) is 16.4. The second-order valence-electron chi connectivity index (χ2n) is 11.1. The summed E-state index contributed by atoms with van der Waals surface area (Å²) in [5.74, 6) is -1.73. The monoisotopic (exact) mass is 541 g/mol. The van der Waals surface area contributed by atoms with Crippen LogP contribution in [0.15, 0.2) is 30.3 Å². The molecular formula is C24H35NO9SSi. The molecule has 10 nitrogen and oxygen atoms in total. The fraction of sp³-hybridized carbons (Fsp3) is 0.667. The Morgan fingerprint density at radius 1 is 1.17 bits per heavy atom. The van der Waals surface area contributed by atoms with Crippen LogP contribution in [0.5, 0.6) is 0 Å². The van der Waals surface area contributed by atoms with Crippen molar-refractivity contribution in [2.24, 2.45) is 0 Å². The highest BCUT2D eigenvalue weighted by Gasteiger charge is 2.64. The van der Waals surface area contributed by atoms with Gasteiger partial charge in [0.15, 0.2) is 20.4 Å². The third-order valence-corrected chi connectivity index (χ3v) is 11.7. The zero-order valence-electron chi connectivity index (χ0n) is 21.9. The van der Waals surface area contributed by atoms with E-state index in [1.54, 1.807) is 32.0 Å². The minimum absolute atomic E-state index is 0.225. The molecule has 0 aliphatic carbocycles. The van der Waals surface area contributed by atoms with E-state index >= 15 is 0 Å². The maximum atomic E-state index is 12.7. The molecule has 3 rings (SSSR count). The summed E-state index contributed by atoms with van der Waals surface area (Å²) in [6.45, 7) is 12.9. The van der Waals surface area contributed by atoms with Crippen LogP contribution in [-0.2, 0) is 37.7 Å². The van der Waals surface area contributed by atoms with E-state index in [1.807, 2.05) is 39.9 Å². The maximum Gasteiger partial charge on any atom is 0.338 e. The Hall–Kier alpha value is -1.85. The van der Waals surface area contributed by atoms with E-state index in [0.29, 0.717) is 0 Å². The lowest BCUT2D eigenvalue weighted by Crippen LogP contribution is -2.58. The Kier molecular flexibility index (Phi) is 7.81. The molecule has 0 radical (unpaired) electrons. The van der Waals surface area contributed by atoms with Crippen LogP contribution in [0.3, 0.4) is 0 Å². The lowest BCUT2D eigenvalue weighted by Gasteiger charge is -2.42. The number of benzene rings is 1. The van der Waals surface area contributed by atoms with E-state index in [9.17, 15) is 18.5 Å². The molecule has 1 aromatic rings. The van der Waals surface area contributed by atoms with Crippen LogP contribution in [0.2, 0.25) is 18.1 Å². The molecule has 200 valence electrons. The number of carbonyl (C=O) groups excluding carboxylic acids is 1. The molecule has 0 N–H and O–H groups in total. The number of nitriles is 1. The van der Waals surface area contributed by atoms with Gasteiger partial charge in [-0.15, -0.1) is 0 Å². The van der Waals surface area contributed by atoms with Gasteiger partial charge in [0.1, 0.15) is 31.0 Å². The normalized spacial score (nSPS) is 27.6. The van der Waals surface area contributed by atoms with Gasteiger partial charge in [0.2, 0.25) is 5.60 Å². The lowest BCUT2D eigenvalue weighted by atomic mass is 9.94.